The largest absolute Gasteiger partial charge is 0.352 e. The van der Waals surface area contributed by atoms with Gasteiger partial charge in [-0.05, 0) is 107 Å². The van der Waals surface area contributed by atoms with Crippen molar-refractivity contribution in [2.24, 2.45) is 33.9 Å². The molecule has 4 amide bonds. The summed E-state index contributed by atoms with van der Waals surface area (Å²) in [5, 5.41) is 23.4. The van der Waals surface area contributed by atoms with Gasteiger partial charge in [-0.2, -0.15) is 0 Å². The first-order valence-corrected chi connectivity index (χ1v) is 27.8. The summed E-state index contributed by atoms with van der Waals surface area (Å²) in [4.78, 5) is 53.3. The molecule has 0 spiro atoms. The number of nitrogens with one attached hydrogen (secondary N) is 4. The van der Waals surface area contributed by atoms with Crippen LogP contribution in [0.5, 0.6) is 0 Å². The summed E-state index contributed by atoms with van der Waals surface area (Å²) in [5.41, 5.74) is 6.65. The lowest BCUT2D eigenvalue weighted by atomic mass is 9.94. The van der Waals surface area contributed by atoms with Crippen LogP contribution < -0.4 is 31.5 Å². The van der Waals surface area contributed by atoms with Crippen LogP contribution in [0.15, 0.2) is 148 Å². The van der Waals surface area contributed by atoms with Gasteiger partial charge in [0.25, 0.3) is 0 Å². The van der Waals surface area contributed by atoms with E-state index in [9.17, 15) is 36.0 Å². The number of hydrogen-bond donors (Lipinski definition) is 6. The van der Waals surface area contributed by atoms with Gasteiger partial charge in [0.2, 0.25) is 43.7 Å². The number of amides is 4. The summed E-state index contributed by atoms with van der Waals surface area (Å²) < 4.78 is 50.8. The van der Waals surface area contributed by atoms with Gasteiger partial charge in [0.05, 0.1) is 9.79 Å². The van der Waals surface area contributed by atoms with E-state index in [-0.39, 0.29) is 53.1 Å². The topological polar surface area (TPSA) is 237 Å². The molecule has 6 aromatic carbocycles. The molecule has 374 valence electrons. The SMILES string of the molecule is NS(=O)(=O)c1ccccc1-c1ccc(CNC(=O)C2CCC[C@H]2C(=O)NCc2ccc(-c3ccc(S(N)(=O)=O)c(-c4ccc(CNC(=O)C5CCC[C@H]5C(=O)NCc5ccc(Br)cc5)cc4)c3)cc2Cl)cc1. The molecule has 2 fully saturated rings. The third-order valence-corrected chi connectivity index (χ3v) is 16.4. The van der Waals surface area contributed by atoms with E-state index in [0.717, 1.165) is 34.0 Å². The first-order chi connectivity index (χ1) is 34.4. The van der Waals surface area contributed by atoms with Gasteiger partial charge in [-0.1, -0.05) is 137 Å². The first-order valence-electron chi connectivity index (χ1n) is 23.5. The zero-order chi connectivity index (χ0) is 51.2. The zero-order valence-electron chi connectivity index (χ0n) is 39.1. The van der Waals surface area contributed by atoms with Crippen LogP contribution in [0.2, 0.25) is 5.02 Å². The number of benzene rings is 6. The van der Waals surface area contributed by atoms with Crippen molar-refractivity contribution in [1.29, 1.82) is 0 Å². The summed E-state index contributed by atoms with van der Waals surface area (Å²) in [7, 11) is -8.06. The molecule has 2 aliphatic carbocycles. The maximum atomic E-state index is 13.5. The maximum absolute atomic E-state index is 13.5. The van der Waals surface area contributed by atoms with E-state index in [1.165, 1.54) is 12.1 Å². The standard InChI is InChI=1S/C54H54BrClN6O8S2/c55-41-24-15-35(16-25-41)31-61-52(64)44-7-3-6-43(44)51(63)60-30-34-13-19-37(20-14-34)47-27-38(23-26-50(47)72(58,69)70)39-21-22-40(48(56)28-39)32-62-54(66)46-9-4-8-45(46)53(65)59-29-33-11-17-36(18-12-33)42-5-1-2-10-49(42)71(57,67)68/h1-2,5,10-28,43-46H,3-4,6-9,29-32H2,(H,59,65)(H,60,63)(H,61,64)(H,62,66)(H2,57,67,68)(H2,58,69,70)/t43?,44-,45?,46-/m1/s1. The number of carbonyl (C=O) groups is 4. The Morgan fingerprint density at radius 3 is 1.31 bits per heavy atom. The van der Waals surface area contributed by atoms with E-state index in [0.29, 0.717) is 76.2 Å². The van der Waals surface area contributed by atoms with Crippen LogP contribution >= 0.6 is 27.5 Å². The molecule has 2 saturated carbocycles. The van der Waals surface area contributed by atoms with Crippen LogP contribution in [0, 0.1) is 23.7 Å². The molecule has 0 radical (unpaired) electrons. The van der Waals surface area contributed by atoms with Crippen molar-refractivity contribution in [3.05, 3.63) is 165 Å². The summed E-state index contributed by atoms with van der Waals surface area (Å²) >= 11 is 10.2. The smallest absolute Gasteiger partial charge is 0.238 e. The van der Waals surface area contributed by atoms with Gasteiger partial charge >= 0.3 is 0 Å². The molecule has 0 saturated heterocycles. The Hall–Kier alpha value is -6.21. The van der Waals surface area contributed by atoms with Gasteiger partial charge in [0.1, 0.15) is 0 Å². The lowest BCUT2D eigenvalue weighted by molar-refractivity contribution is -0.133. The summed E-state index contributed by atoms with van der Waals surface area (Å²) in [6, 6.07) is 38.6. The predicted octanol–water partition coefficient (Wildman–Crippen LogP) is 8.10. The predicted molar refractivity (Wildman–Crippen MR) is 280 cm³/mol. The van der Waals surface area contributed by atoms with Crippen LogP contribution in [0.1, 0.15) is 60.8 Å². The first kappa shape index (κ1) is 52.1. The van der Waals surface area contributed by atoms with Gasteiger partial charge in [-0.25, -0.2) is 27.1 Å². The van der Waals surface area contributed by atoms with Crippen LogP contribution in [-0.2, 0) is 65.4 Å². The van der Waals surface area contributed by atoms with Gasteiger partial charge in [0, 0.05) is 70.5 Å². The minimum absolute atomic E-state index is 0.0227. The summed E-state index contributed by atoms with van der Waals surface area (Å²) in [6.07, 6.45) is 3.88. The Labute approximate surface area is 432 Å². The monoisotopic (exact) mass is 1090 g/mol. The van der Waals surface area contributed by atoms with Gasteiger partial charge in [0.15, 0.2) is 0 Å². The zero-order valence-corrected chi connectivity index (χ0v) is 43.1. The number of carbonyl (C=O) groups excluding carboxylic acids is 4. The fraction of sp³-hybridized carbons (Fsp3) is 0.259. The van der Waals surface area contributed by atoms with Gasteiger partial charge in [-0.3, -0.25) is 19.2 Å². The number of primary sulfonamides is 2. The fourth-order valence-electron chi connectivity index (χ4n) is 9.66. The van der Waals surface area contributed by atoms with E-state index in [4.69, 9.17) is 21.9 Å². The average Bonchev–Trinajstić information content (AvgIpc) is 4.08. The quantitative estimate of drug-likeness (QED) is 0.0521. The number of halogens is 2. The third kappa shape index (κ3) is 12.7. The van der Waals surface area contributed by atoms with E-state index < -0.39 is 43.7 Å². The molecule has 2 aliphatic rings. The molecular weight excluding hydrogens is 1040 g/mol. The van der Waals surface area contributed by atoms with Crippen molar-refractivity contribution in [1.82, 2.24) is 21.3 Å². The van der Waals surface area contributed by atoms with Crippen molar-refractivity contribution in [3.63, 3.8) is 0 Å². The van der Waals surface area contributed by atoms with Crippen LogP contribution in [0.3, 0.4) is 0 Å². The lowest BCUT2D eigenvalue weighted by Crippen LogP contribution is -2.39. The van der Waals surface area contributed by atoms with Gasteiger partial charge in [-0.15, -0.1) is 0 Å². The second kappa shape index (κ2) is 22.7. The second-order valence-corrected chi connectivity index (χ2v) is 22.7. The maximum Gasteiger partial charge on any atom is 0.238 e. The normalized spacial score (nSPS) is 17.8. The molecule has 0 heterocycles. The molecular formula is C54H54BrClN6O8S2. The van der Waals surface area contributed by atoms with E-state index in [1.807, 2.05) is 30.3 Å². The van der Waals surface area contributed by atoms with Gasteiger partial charge < -0.3 is 21.3 Å². The van der Waals surface area contributed by atoms with E-state index in [2.05, 4.69) is 37.2 Å². The average molecular weight is 1090 g/mol. The molecule has 6 aromatic rings. The Morgan fingerprint density at radius 2 is 0.847 bits per heavy atom. The summed E-state index contributed by atoms with van der Waals surface area (Å²) in [5.74, 6) is -2.69. The minimum Gasteiger partial charge on any atom is -0.352 e. The molecule has 72 heavy (non-hydrogen) atoms. The van der Waals surface area contributed by atoms with Crippen molar-refractivity contribution >= 4 is 71.2 Å². The fourth-order valence-corrected chi connectivity index (χ4v) is 11.7. The molecule has 0 bridgehead atoms. The summed E-state index contributed by atoms with van der Waals surface area (Å²) in [6.45, 7) is 0.943. The van der Waals surface area contributed by atoms with Crippen LogP contribution in [0.25, 0.3) is 33.4 Å². The third-order valence-electron chi connectivity index (χ3n) is 13.5. The molecule has 8 N–H and O–H groups in total. The Morgan fingerprint density at radius 1 is 0.472 bits per heavy atom. The minimum atomic E-state index is -4.14. The van der Waals surface area contributed by atoms with Crippen molar-refractivity contribution in [2.45, 2.75) is 74.5 Å². The molecule has 14 nitrogen and oxygen atoms in total. The number of hydrogen-bond acceptors (Lipinski definition) is 8. The van der Waals surface area contributed by atoms with Crippen molar-refractivity contribution in [3.8, 4) is 33.4 Å². The lowest BCUT2D eigenvalue weighted by Gasteiger charge is -2.19. The molecule has 0 aromatic heterocycles. The molecule has 8 rings (SSSR count). The van der Waals surface area contributed by atoms with Crippen molar-refractivity contribution in [2.75, 3.05) is 0 Å². The highest BCUT2D eigenvalue weighted by molar-refractivity contribution is 9.10. The highest BCUT2D eigenvalue weighted by atomic mass is 79.9. The highest BCUT2D eigenvalue weighted by Gasteiger charge is 2.39. The number of rotatable bonds is 17. The molecule has 0 aliphatic heterocycles. The Kier molecular flexibility index (Phi) is 16.4. The molecule has 4 atom stereocenters. The number of nitrogens with two attached hydrogens (primary N) is 2. The highest BCUT2D eigenvalue weighted by Crippen LogP contribution is 2.36. The Balaban J connectivity index is 0.857. The second-order valence-electron chi connectivity index (χ2n) is 18.3. The van der Waals surface area contributed by atoms with E-state index >= 15 is 0 Å². The van der Waals surface area contributed by atoms with Crippen molar-refractivity contribution < 1.29 is 36.0 Å². The molecule has 2 unspecified atom stereocenters. The van der Waals surface area contributed by atoms with E-state index in [1.54, 1.807) is 91.0 Å². The molecule has 18 heteroatoms. The number of sulfonamides is 2. The Bertz CT molecular complexity index is 3230. The van der Waals surface area contributed by atoms with Crippen LogP contribution in [0.4, 0.5) is 0 Å². The van der Waals surface area contributed by atoms with Crippen LogP contribution in [-0.4, -0.2) is 40.5 Å².